The highest BCUT2D eigenvalue weighted by Crippen LogP contribution is 2.28. The molecule has 1 aliphatic heterocycles. The van der Waals surface area contributed by atoms with Crippen molar-refractivity contribution in [3.8, 4) is 0 Å². The van der Waals surface area contributed by atoms with E-state index >= 15 is 0 Å². The molecular formula is C30H53N5O7S. The molecule has 12 nitrogen and oxygen atoms in total. The molecule has 2 amide bonds. The van der Waals surface area contributed by atoms with Crippen LogP contribution < -0.4 is 10.6 Å². The molecule has 246 valence electrons. The SMILES string of the molecule is [CH2][CH]CSC[C@@H](NC(=O)CCCCCCCCCCCCCCC)C(=O)Nc1cn(C2OC(CO)C(O)C(O)C2O)nn1. The van der Waals surface area contributed by atoms with Crippen molar-refractivity contribution in [3.63, 3.8) is 0 Å². The number of hydrogen-bond acceptors (Lipinski definition) is 10. The van der Waals surface area contributed by atoms with Crippen LogP contribution in [0.3, 0.4) is 0 Å². The highest BCUT2D eigenvalue weighted by Gasteiger charge is 2.44. The van der Waals surface area contributed by atoms with Crippen LogP contribution in [0.4, 0.5) is 5.82 Å². The number of unbranched alkanes of at least 4 members (excludes halogenated alkanes) is 12. The largest absolute Gasteiger partial charge is 0.394 e. The van der Waals surface area contributed by atoms with Crippen LogP contribution in [0.5, 0.6) is 0 Å². The Morgan fingerprint density at radius 2 is 1.60 bits per heavy atom. The summed E-state index contributed by atoms with van der Waals surface area (Å²) in [4.78, 5) is 25.7. The van der Waals surface area contributed by atoms with Gasteiger partial charge in [-0.15, -0.1) is 5.10 Å². The molecule has 1 fully saturated rings. The van der Waals surface area contributed by atoms with E-state index in [-0.39, 0.29) is 11.7 Å². The molecule has 2 rings (SSSR count). The number of amides is 2. The number of aliphatic hydroxyl groups excluding tert-OH is 4. The number of hydrogen-bond donors (Lipinski definition) is 6. The highest BCUT2D eigenvalue weighted by molar-refractivity contribution is 7.99. The molecular weight excluding hydrogens is 574 g/mol. The van der Waals surface area contributed by atoms with E-state index in [9.17, 15) is 30.0 Å². The third kappa shape index (κ3) is 13.8. The molecule has 0 bridgehead atoms. The zero-order valence-electron chi connectivity index (χ0n) is 25.6. The second kappa shape index (κ2) is 21.9. The number of ether oxygens (including phenoxy) is 1. The van der Waals surface area contributed by atoms with E-state index in [4.69, 9.17) is 4.74 Å². The Kier molecular flexibility index (Phi) is 19.0. The maximum Gasteiger partial charge on any atom is 0.249 e. The molecule has 0 aromatic carbocycles. The summed E-state index contributed by atoms with van der Waals surface area (Å²) < 4.78 is 6.56. The Balaban J connectivity index is 1.74. The van der Waals surface area contributed by atoms with Crippen molar-refractivity contribution in [2.45, 2.75) is 134 Å². The molecule has 6 N–H and O–H groups in total. The van der Waals surface area contributed by atoms with E-state index in [1.165, 1.54) is 82.2 Å². The van der Waals surface area contributed by atoms with E-state index in [1.807, 2.05) is 0 Å². The first-order valence-electron chi connectivity index (χ1n) is 15.8. The van der Waals surface area contributed by atoms with Crippen LogP contribution in [-0.2, 0) is 14.3 Å². The number of aromatic nitrogens is 3. The van der Waals surface area contributed by atoms with Crippen molar-refractivity contribution in [2.24, 2.45) is 0 Å². The Morgan fingerprint density at radius 1 is 1.00 bits per heavy atom. The molecule has 2 heterocycles. The number of nitrogens with one attached hydrogen (secondary N) is 2. The fourth-order valence-electron chi connectivity index (χ4n) is 4.99. The lowest BCUT2D eigenvalue weighted by molar-refractivity contribution is -0.254. The van der Waals surface area contributed by atoms with Crippen molar-refractivity contribution in [1.82, 2.24) is 20.3 Å². The van der Waals surface area contributed by atoms with Gasteiger partial charge in [-0.3, -0.25) is 9.59 Å². The summed E-state index contributed by atoms with van der Waals surface area (Å²) in [6.45, 7) is 5.35. The molecule has 0 spiro atoms. The molecule has 43 heavy (non-hydrogen) atoms. The summed E-state index contributed by atoms with van der Waals surface area (Å²) in [5.74, 6) is 0.337. The quantitative estimate of drug-likeness (QED) is 0.0988. The maximum absolute atomic E-state index is 13.0. The molecule has 1 aromatic rings. The van der Waals surface area contributed by atoms with Crippen molar-refractivity contribution in [1.29, 1.82) is 0 Å². The van der Waals surface area contributed by atoms with Gasteiger partial charge in [-0.1, -0.05) is 89.2 Å². The van der Waals surface area contributed by atoms with Crippen molar-refractivity contribution in [3.05, 3.63) is 19.5 Å². The van der Waals surface area contributed by atoms with Gasteiger partial charge in [0.2, 0.25) is 11.8 Å². The average Bonchev–Trinajstić information content (AvgIpc) is 3.46. The first-order chi connectivity index (χ1) is 20.8. The predicted octanol–water partition coefficient (Wildman–Crippen LogP) is 2.93. The molecule has 1 saturated heterocycles. The number of anilines is 1. The highest BCUT2D eigenvalue weighted by atomic mass is 32.2. The smallest absolute Gasteiger partial charge is 0.249 e. The molecule has 0 saturated carbocycles. The summed E-state index contributed by atoms with van der Waals surface area (Å²) in [5.41, 5.74) is 0. The first kappa shape index (κ1) is 37.4. The Hall–Kier alpha value is -1.77. The van der Waals surface area contributed by atoms with Crippen molar-refractivity contribution in [2.75, 3.05) is 23.4 Å². The average molecular weight is 628 g/mol. The number of thioether (sulfide) groups is 1. The third-order valence-corrected chi connectivity index (χ3v) is 8.61. The first-order valence-corrected chi connectivity index (χ1v) is 17.0. The summed E-state index contributed by atoms with van der Waals surface area (Å²) in [7, 11) is 0. The van der Waals surface area contributed by atoms with Gasteiger partial charge in [-0.25, -0.2) is 4.68 Å². The van der Waals surface area contributed by atoms with Crippen LogP contribution in [-0.4, -0.2) is 95.8 Å². The fourth-order valence-corrected chi connectivity index (χ4v) is 5.77. The van der Waals surface area contributed by atoms with E-state index in [0.29, 0.717) is 17.9 Å². The molecule has 13 heteroatoms. The van der Waals surface area contributed by atoms with Crippen molar-refractivity contribution < 1.29 is 34.8 Å². The molecule has 2 radical (unpaired) electrons. The topological polar surface area (TPSA) is 179 Å². The van der Waals surface area contributed by atoms with E-state index < -0.39 is 49.2 Å². The van der Waals surface area contributed by atoms with Gasteiger partial charge in [-0.2, -0.15) is 11.8 Å². The Morgan fingerprint density at radius 3 is 2.19 bits per heavy atom. The minimum Gasteiger partial charge on any atom is -0.394 e. The number of carbonyl (C=O) groups excluding carboxylic acids is 2. The molecule has 6 atom stereocenters. The zero-order chi connectivity index (χ0) is 31.5. The summed E-state index contributed by atoms with van der Waals surface area (Å²) in [6.07, 6.45) is 12.3. The minimum atomic E-state index is -1.57. The second-order valence-electron chi connectivity index (χ2n) is 11.2. The number of rotatable bonds is 23. The van der Waals surface area contributed by atoms with Gasteiger partial charge < -0.3 is 35.8 Å². The lowest BCUT2D eigenvalue weighted by atomic mass is 9.98. The molecule has 1 aliphatic rings. The van der Waals surface area contributed by atoms with E-state index in [0.717, 1.165) is 23.9 Å². The van der Waals surface area contributed by atoms with E-state index in [1.54, 1.807) is 6.42 Å². The normalized spacial score (nSPS) is 22.8. The number of aliphatic hydroxyl groups is 4. The molecule has 1 aromatic heterocycles. The summed E-state index contributed by atoms with van der Waals surface area (Å²) in [5, 5.41) is 52.9. The maximum atomic E-state index is 13.0. The lowest BCUT2D eigenvalue weighted by Crippen LogP contribution is -2.56. The van der Waals surface area contributed by atoms with Gasteiger partial charge in [-0.05, 0) is 25.5 Å². The van der Waals surface area contributed by atoms with Crippen molar-refractivity contribution >= 4 is 29.4 Å². The monoisotopic (exact) mass is 627 g/mol. The van der Waals surface area contributed by atoms with Crippen LogP contribution in [0.15, 0.2) is 6.20 Å². The van der Waals surface area contributed by atoms with Crippen LogP contribution in [0.25, 0.3) is 0 Å². The van der Waals surface area contributed by atoms with Gasteiger partial charge in [0.1, 0.15) is 30.5 Å². The summed E-state index contributed by atoms with van der Waals surface area (Å²) in [6, 6.07) is -0.808. The number of carbonyl (C=O) groups is 2. The van der Waals surface area contributed by atoms with Gasteiger partial charge in [0.05, 0.1) is 12.8 Å². The number of nitrogens with zero attached hydrogens (tertiary/aromatic N) is 3. The lowest BCUT2D eigenvalue weighted by Gasteiger charge is -2.39. The fraction of sp³-hybridized carbons (Fsp3) is 0.800. The van der Waals surface area contributed by atoms with E-state index in [2.05, 4.69) is 34.8 Å². The zero-order valence-corrected chi connectivity index (χ0v) is 26.4. The third-order valence-electron chi connectivity index (χ3n) is 7.57. The van der Waals surface area contributed by atoms with Crippen LogP contribution in [0.2, 0.25) is 0 Å². The minimum absolute atomic E-state index is 0.0476. The Labute approximate surface area is 260 Å². The van der Waals surface area contributed by atoms with Gasteiger partial charge in [0.25, 0.3) is 0 Å². The molecule has 0 aliphatic carbocycles. The second-order valence-corrected chi connectivity index (χ2v) is 12.3. The van der Waals surface area contributed by atoms with Crippen LogP contribution in [0, 0.1) is 13.3 Å². The van der Waals surface area contributed by atoms with Gasteiger partial charge in [0, 0.05) is 12.2 Å². The standard InChI is InChI=1S/C30H53N5O7S/c1-3-5-6-7-8-9-10-11-12-13-14-15-16-17-25(37)31-22(21-43-18-4-2)29(41)32-24-19-35(34-33-24)30-28(40)27(39)26(38)23(20-36)42-30/h4,19,22-23,26-28,30,36,38-40H,2-3,5-18,20-21H2,1H3,(H,31,37)(H,32,41)/t22-,23?,26?,27?,28?,30?/m1/s1. The van der Waals surface area contributed by atoms with Gasteiger partial charge in [0.15, 0.2) is 12.0 Å². The predicted molar refractivity (Wildman–Crippen MR) is 167 cm³/mol. The van der Waals surface area contributed by atoms with Gasteiger partial charge >= 0.3 is 0 Å². The van der Waals surface area contributed by atoms with Crippen LogP contribution >= 0.6 is 11.8 Å². The molecule has 5 unspecified atom stereocenters. The summed E-state index contributed by atoms with van der Waals surface area (Å²) >= 11 is 1.46. The van der Waals surface area contributed by atoms with Crippen LogP contribution in [0.1, 0.15) is 103 Å². The Bertz CT molecular complexity index is 906.